The quantitative estimate of drug-likeness (QED) is 0.636. The molecule has 0 spiro atoms. The zero-order valence-electron chi connectivity index (χ0n) is 8.84. The van der Waals surface area contributed by atoms with Crippen molar-refractivity contribution >= 4 is 76.4 Å². The molecule has 94 valence electrons. The lowest BCUT2D eigenvalue weighted by Gasteiger charge is -2.10. The molecule has 3 N–H and O–H groups in total. The summed E-state index contributed by atoms with van der Waals surface area (Å²) >= 11 is 11.5. The molecule has 0 atom stereocenters. The third kappa shape index (κ3) is 3.14. The Morgan fingerprint density at radius 3 is 2.50 bits per heavy atom. The highest BCUT2D eigenvalue weighted by Gasteiger charge is 2.13. The van der Waals surface area contributed by atoms with Gasteiger partial charge in [-0.2, -0.15) is 0 Å². The Hall–Kier alpha value is -0.370. The minimum absolute atomic E-state index is 0.188. The first-order valence-corrected chi connectivity index (χ1v) is 8.03. The Kier molecular flexibility index (Phi) is 4.47. The third-order valence-corrected chi connectivity index (χ3v) is 4.74. The number of rotatable bonds is 2. The summed E-state index contributed by atoms with van der Waals surface area (Å²) in [5.74, 6) is -0.188. The molecule has 1 aromatic heterocycles. The van der Waals surface area contributed by atoms with Crippen LogP contribution in [0, 0.1) is 0 Å². The van der Waals surface area contributed by atoms with Crippen LogP contribution in [0.15, 0.2) is 36.3 Å². The number of anilines is 2. The molecule has 7 heteroatoms. The van der Waals surface area contributed by atoms with E-state index in [1.54, 1.807) is 17.5 Å². The smallest absolute Gasteiger partial charge is 0.256 e. The lowest BCUT2D eigenvalue weighted by Crippen LogP contribution is -2.12. The molecule has 1 amide bonds. The normalized spacial score (nSPS) is 10.4. The predicted octanol–water partition coefficient (Wildman–Crippen LogP) is 4.87. The number of nitrogen functional groups attached to an aromatic ring is 1. The van der Waals surface area contributed by atoms with Crippen LogP contribution in [0.25, 0.3) is 0 Å². The topological polar surface area (TPSA) is 55.1 Å². The van der Waals surface area contributed by atoms with Gasteiger partial charge in [0.15, 0.2) is 0 Å². The molecule has 0 aliphatic carbocycles. The van der Waals surface area contributed by atoms with Crippen LogP contribution < -0.4 is 11.1 Å². The Morgan fingerprint density at radius 2 is 1.94 bits per heavy atom. The van der Waals surface area contributed by atoms with Crippen molar-refractivity contribution in [1.82, 2.24) is 0 Å². The van der Waals surface area contributed by atoms with Gasteiger partial charge in [-0.1, -0.05) is 15.9 Å². The highest BCUT2D eigenvalue weighted by Crippen LogP contribution is 2.33. The minimum Gasteiger partial charge on any atom is -0.397 e. The number of carbonyl (C=O) groups is 1. The van der Waals surface area contributed by atoms with Gasteiger partial charge in [-0.05, 0) is 50.1 Å². The molecule has 3 nitrogen and oxygen atoms in total. The molecule has 0 fully saturated rings. The second-order valence-corrected chi connectivity index (χ2v) is 7.51. The SMILES string of the molecule is Nc1cc(Br)cc(Br)c1NC(=O)c1csc(Br)c1. The Balaban J connectivity index is 2.27. The zero-order valence-corrected chi connectivity index (χ0v) is 14.4. The fraction of sp³-hybridized carbons (Fsp3) is 0. The Labute approximate surface area is 133 Å². The zero-order chi connectivity index (χ0) is 13.3. The van der Waals surface area contributed by atoms with Gasteiger partial charge in [0.25, 0.3) is 5.91 Å². The number of nitrogens with two attached hydrogens (primary N) is 1. The van der Waals surface area contributed by atoms with Gasteiger partial charge in [-0.25, -0.2) is 0 Å². The van der Waals surface area contributed by atoms with Crippen molar-refractivity contribution in [2.24, 2.45) is 0 Å². The number of amides is 1. The molecule has 0 saturated heterocycles. The summed E-state index contributed by atoms with van der Waals surface area (Å²) in [7, 11) is 0. The molecule has 0 saturated carbocycles. The van der Waals surface area contributed by atoms with E-state index in [9.17, 15) is 4.79 Å². The fourth-order valence-corrected chi connectivity index (χ4v) is 3.83. The summed E-state index contributed by atoms with van der Waals surface area (Å²) in [5, 5.41) is 4.57. The van der Waals surface area contributed by atoms with E-state index >= 15 is 0 Å². The van der Waals surface area contributed by atoms with Crippen molar-refractivity contribution in [3.63, 3.8) is 0 Å². The first-order valence-electron chi connectivity index (χ1n) is 4.77. The number of hydrogen-bond acceptors (Lipinski definition) is 3. The van der Waals surface area contributed by atoms with Crippen LogP contribution in [-0.2, 0) is 0 Å². The van der Waals surface area contributed by atoms with Crippen LogP contribution >= 0.6 is 59.1 Å². The second kappa shape index (κ2) is 5.73. The van der Waals surface area contributed by atoms with Gasteiger partial charge in [-0.3, -0.25) is 4.79 Å². The van der Waals surface area contributed by atoms with E-state index < -0.39 is 0 Å². The molecular formula is C11H7Br3N2OS. The van der Waals surface area contributed by atoms with Crippen molar-refractivity contribution in [3.05, 3.63) is 41.9 Å². The number of hydrogen-bond donors (Lipinski definition) is 2. The molecule has 0 radical (unpaired) electrons. The van der Waals surface area contributed by atoms with E-state index in [-0.39, 0.29) is 5.91 Å². The first kappa shape index (κ1) is 14.0. The average Bonchev–Trinajstić information content (AvgIpc) is 2.70. The molecule has 1 aromatic carbocycles. The molecule has 1 heterocycles. The maximum absolute atomic E-state index is 12.0. The third-order valence-electron chi connectivity index (χ3n) is 2.15. The molecule has 2 aromatic rings. The van der Waals surface area contributed by atoms with Crippen LogP contribution in [0.5, 0.6) is 0 Å². The summed E-state index contributed by atoms with van der Waals surface area (Å²) < 4.78 is 2.50. The van der Waals surface area contributed by atoms with Gasteiger partial charge < -0.3 is 11.1 Å². The van der Waals surface area contributed by atoms with Gasteiger partial charge in [0, 0.05) is 14.3 Å². The molecule has 0 aliphatic rings. The van der Waals surface area contributed by atoms with E-state index in [1.165, 1.54) is 11.3 Å². The number of halogens is 3. The number of benzene rings is 1. The molecule has 18 heavy (non-hydrogen) atoms. The van der Waals surface area contributed by atoms with E-state index in [1.807, 2.05) is 6.07 Å². The van der Waals surface area contributed by atoms with Gasteiger partial charge >= 0.3 is 0 Å². The summed E-state index contributed by atoms with van der Waals surface area (Å²) in [4.78, 5) is 12.0. The second-order valence-electron chi connectivity index (χ2n) is 3.45. The Bertz CT molecular complexity index is 589. The van der Waals surface area contributed by atoms with Crippen LogP contribution in [0.4, 0.5) is 11.4 Å². The van der Waals surface area contributed by atoms with Crippen LogP contribution in [0.3, 0.4) is 0 Å². The molecule has 2 rings (SSSR count). The monoisotopic (exact) mass is 452 g/mol. The van der Waals surface area contributed by atoms with Crippen LogP contribution in [-0.4, -0.2) is 5.91 Å². The van der Waals surface area contributed by atoms with E-state index in [0.29, 0.717) is 16.9 Å². The summed E-state index contributed by atoms with van der Waals surface area (Å²) in [6, 6.07) is 5.34. The number of carbonyl (C=O) groups excluding carboxylic acids is 1. The van der Waals surface area contributed by atoms with Crippen LogP contribution in [0.2, 0.25) is 0 Å². The fourth-order valence-electron chi connectivity index (χ4n) is 1.34. The van der Waals surface area contributed by atoms with Crippen LogP contribution in [0.1, 0.15) is 10.4 Å². The number of nitrogens with one attached hydrogen (secondary N) is 1. The standard InChI is InChI=1S/C11H7Br3N2OS/c12-6-2-7(13)10(8(15)3-6)16-11(17)5-1-9(14)18-4-5/h1-4H,15H2,(H,16,17). The van der Waals surface area contributed by atoms with E-state index in [2.05, 4.69) is 53.1 Å². The predicted molar refractivity (Wildman–Crippen MR) is 86.2 cm³/mol. The molecule has 0 aliphatic heterocycles. The largest absolute Gasteiger partial charge is 0.397 e. The summed E-state index contributed by atoms with van der Waals surface area (Å²) in [5.41, 5.74) is 7.54. The Morgan fingerprint density at radius 1 is 1.22 bits per heavy atom. The van der Waals surface area contributed by atoms with Gasteiger partial charge in [0.1, 0.15) is 0 Å². The summed E-state index contributed by atoms with van der Waals surface area (Å²) in [6.45, 7) is 0. The maximum Gasteiger partial charge on any atom is 0.256 e. The van der Waals surface area contributed by atoms with E-state index in [0.717, 1.165) is 12.7 Å². The van der Waals surface area contributed by atoms with Crippen molar-refractivity contribution < 1.29 is 4.79 Å². The van der Waals surface area contributed by atoms with Gasteiger partial charge in [0.2, 0.25) is 0 Å². The van der Waals surface area contributed by atoms with E-state index in [4.69, 9.17) is 5.73 Å². The van der Waals surface area contributed by atoms with Crippen molar-refractivity contribution in [2.75, 3.05) is 11.1 Å². The average molecular weight is 455 g/mol. The molecule has 0 bridgehead atoms. The lowest BCUT2D eigenvalue weighted by atomic mass is 10.2. The molecule has 0 unspecified atom stereocenters. The van der Waals surface area contributed by atoms with Gasteiger partial charge in [-0.15, -0.1) is 11.3 Å². The molecular weight excluding hydrogens is 448 g/mol. The highest BCUT2D eigenvalue weighted by atomic mass is 79.9. The lowest BCUT2D eigenvalue weighted by molar-refractivity contribution is 0.102. The highest BCUT2D eigenvalue weighted by molar-refractivity contribution is 9.11. The minimum atomic E-state index is -0.188. The van der Waals surface area contributed by atoms with Crippen molar-refractivity contribution in [2.45, 2.75) is 0 Å². The first-order chi connectivity index (χ1) is 8.47. The van der Waals surface area contributed by atoms with Crippen molar-refractivity contribution in [3.8, 4) is 0 Å². The maximum atomic E-state index is 12.0. The summed E-state index contributed by atoms with van der Waals surface area (Å²) in [6.07, 6.45) is 0. The van der Waals surface area contributed by atoms with Crippen molar-refractivity contribution in [1.29, 1.82) is 0 Å². The van der Waals surface area contributed by atoms with Gasteiger partial charge in [0.05, 0.1) is 20.7 Å². The number of thiophene rings is 1.